The van der Waals surface area contributed by atoms with Crippen molar-refractivity contribution in [2.24, 2.45) is 5.73 Å². The average molecular weight is 347 g/mol. The average Bonchev–Trinajstić information content (AvgIpc) is 2.63. The van der Waals surface area contributed by atoms with Crippen molar-refractivity contribution in [3.8, 4) is 5.75 Å². The Kier molecular flexibility index (Phi) is 5.20. The molecule has 0 bridgehead atoms. The summed E-state index contributed by atoms with van der Waals surface area (Å²) in [5.74, 6) is 0.338. The van der Waals surface area contributed by atoms with Crippen molar-refractivity contribution in [3.05, 3.63) is 28.8 Å². The number of carbonyl (C=O) groups excluding carboxylic acids is 1. The first-order valence-corrected chi connectivity index (χ1v) is 9.08. The van der Waals surface area contributed by atoms with Gasteiger partial charge in [-0.05, 0) is 37.3 Å². The van der Waals surface area contributed by atoms with Gasteiger partial charge in [0.2, 0.25) is 0 Å². The third kappa shape index (κ3) is 3.33. The van der Waals surface area contributed by atoms with E-state index in [9.17, 15) is 9.90 Å². The molecule has 0 aromatic heterocycles. The minimum absolute atomic E-state index is 0.0192. The van der Waals surface area contributed by atoms with E-state index < -0.39 is 0 Å². The van der Waals surface area contributed by atoms with Gasteiger partial charge in [0.05, 0.1) is 18.2 Å². The maximum atomic E-state index is 12.6. The molecule has 3 atom stereocenters. The highest BCUT2D eigenvalue weighted by Gasteiger charge is 2.39. The molecule has 0 aliphatic carbocycles. The second-order valence-electron chi connectivity index (χ2n) is 7.34. The summed E-state index contributed by atoms with van der Waals surface area (Å²) in [5.41, 5.74) is 8.71. The summed E-state index contributed by atoms with van der Waals surface area (Å²) in [4.78, 5) is 16.1. The third-order valence-corrected chi connectivity index (χ3v) is 5.43. The zero-order chi connectivity index (χ0) is 18.1. The molecule has 1 aromatic carbocycles. The molecule has 3 N–H and O–H groups in total. The number of aryl methyl sites for hydroxylation is 1. The molecule has 25 heavy (non-hydrogen) atoms. The Morgan fingerprint density at radius 2 is 2.16 bits per heavy atom. The van der Waals surface area contributed by atoms with E-state index in [4.69, 9.17) is 10.5 Å². The highest BCUT2D eigenvalue weighted by Crippen LogP contribution is 2.39. The number of piperidine rings is 1. The monoisotopic (exact) mass is 347 g/mol. The van der Waals surface area contributed by atoms with Gasteiger partial charge in [-0.2, -0.15) is 0 Å². The highest BCUT2D eigenvalue weighted by atomic mass is 16.5. The number of aromatic hydroxyl groups is 1. The fourth-order valence-corrected chi connectivity index (χ4v) is 4.07. The van der Waals surface area contributed by atoms with Crippen molar-refractivity contribution >= 4 is 6.03 Å². The zero-order valence-corrected chi connectivity index (χ0v) is 15.4. The number of nitrogens with zero attached hydrogens (tertiary/aromatic N) is 2. The Morgan fingerprint density at radius 1 is 1.40 bits per heavy atom. The lowest BCUT2D eigenvalue weighted by atomic mass is 9.86. The molecule has 2 heterocycles. The lowest BCUT2D eigenvalue weighted by Crippen LogP contribution is -2.55. The van der Waals surface area contributed by atoms with Crippen LogP contribution in [0.3, 0.4) is 0 Å². The van der Waals surface area contributed by atoms with Gasteiger partial charge >= 0.3 is 6.03 Å². The number of nitrogens with two attached hydrogens (primary N) is 1. The van der Waals surface area contributed by atoms with Crippen LogP contribution in [-0.2, 0) is 11.2 Å². The number of hydrogen-bond donors (Lipinski definition) is 2. The normalized spacial score (nSPS) is 26.2. The third-order valence-electron chi connectivity index (χ3n) is 5.43. The predicted octanol–water partition coefficient (Wildman–Crippen LogP) is 2.18. The van der Waals surface area contributed by atoms with Gasteiger partial charge in [0.25, 0.3) is 0 Å². The van der Waals surface area contributed by atoms with Crippen LogP contribution in [0.1, 0.15) is 42.1 Å². The number of hydrogen-bond acceptors (Lipinski definition) is 4. The summed E-state index contributed by atoms with van der Waals surface area (Å²) in [7, 11) is 3.56. The van der Waals surface area contributed by atoms with E-state index in [-0.39, 0.29) is 24.3 Å². The van der Waals surface area contributed by atoms with Crippen LogP contribution in [0.5, 0.6) is 5.75 Å². The molecule has 3 rings (SSSR count). The predicted molar refractivity (Wildman–Crippen MR) is 96.6 cm³/mol. The lowest BCUT2D eigenvalue weighted by molar-refractivity contribution is -0.0683. The molecule has 1 aromatic rings. The van der Waals surface area contributed by atoms with Gasteiger partial charge in [0.15, 0.2) is 0 Å². The molecule has 0 spiro atoms. The van der Waals surface area contributed by atoms with Crippen molar-refractivity contribution in [2.75, 3.05) is 27.2 Å². The van der Waals surface area contributed by atoms with E-state index in [0.29, 0.717) is 18.7 Å². The minimum atomic E-state index is -0.238. The highest BCUT2D eigenvalue weighted by molar-refractivity contribution is 5.74. The van der Waals surface area contributed by atoms with E-state index in [1.54, 1.807) is 19.0 Å². The fraction of sp³-hybridized carbons (Fsp3) is 0.632. The molecule has 1 saturated heterocycles. The van der Waals surface area contributed by atoms with Crippen molar-refractivity contribution in [2.45, 2.75) is 50.9 Å². The Labute approximate surface area is 149 Å². The summed E-state index contributed by atoms with van der Waals surface area (Å²) < 4.78 is 6.31. The van der Waals surface area contributed by atoms with Crippen LogP contribution in [-0.4, -0.2) is 60.3 Å². The number of likely N-dealkylation sites (tertiary alicyclic amines) is 1. The van der Waals surface area contributed by atoms with E-state index in [1.165, 1.54) is 0 Å². The maximum absolute atomic E-state index is 12.6. The summed E-state index contributed by atoms with van der Waals surface area (Å²) >= 11 is 0. The van der Waals surface area contributed by atoms with Crippen molar-refractivity contribution < 1.29 is 14.6 Å². The number of carbonyl (C=O) groups is 1. The molecule has 138 valence electrons. The maximum Gasteiger partial charge on any atom is 0.319 e. The minimum Gasteiger partial charge on any atom is -0.507 e. The van der Waals surface area contributed by atoms with Gasteiger partial charge in [-0.25, -0.2) is 4.79 Å². The Hall–Kier alpha value is -1.79. The van der Waals surface area contributed by atoms with E-state index in [1.807, 2.05) is 24.0 Å². The summed E-state index contributed by atoms with van der Waals surface area (Å²) in [6.45, 7) is 3.02. The van der Waals surface area contributed by atoms with Gasteiger partial charge in [-0.3, -0.25) is 0 Å². The van der Waals surface area contributed by atoms with Crippen LogP contribution in [0, 0.1) is 6.92 Å². The number of amides is 2. The van der Waals surface area contributed by atoms with Gasteiger partial charge in [-0.1, -0.05) is 12.1 Å². The summed E-state index contributed by atoms with van der Waals surface area (Å²) in [5, 5.41) is 10.6. The van der Waals surface area contributed by atoms with Gasteiger partial charge < -0.3 is 25.4 Å². The SMILES string of the molecule is Cc1ccc2c(c1O)C[C@@H](C1CCCCN1C(=O)N(C)C)O[C@H]2CN. The van der Waals surface area contributed by atoms with Crippen molar-refractivity contribution in [1.29, 1.82) is 0 Å². The first-order chi connectivity index (χ1) is 11.9. The molecule has 0 saturated carbocycles. The number of phenolic OH excluding ortho intramolecular Hbond substituents is 1. The van der Waals surface area contributed by atoms with Crippen LogP contribution < -0.4 is 5.73 Å². The first-order valence-electron chi connectivity index (χ1n) is 9.08. The number of benzene rings is 1. The molecule has 6 heteroatoms. The molecule has 1 fully saturated rings. The largest absolute Gasteiger partial charge is 0.507 e. The standard InChI is InChI=1S/C19H29N3O3/c1-12-7-8-13-14(18(12)23)10-16(25-17(13)11-20)15-6-4-5-9-22(15)19(24)21(2)3/h7-8,15-17,23H,4-6,9-11,20H2,1-3H3/t15?,16-,17-/m0/s1. The second-order valence-corrected chi connectivity index (χ2v) is 7.34. The second kappa shape index (κ2) is 7.22. The topological polar surface area (TPSA) is 79.0 Å². The van der Waals surface area contributed by atoms with E-state index >= 15 is 0 Å². The van der Waals surface area contributed by atoms with Gasteiger partial charge in [0.1, 0.15) is 5.75 Å². The lowest BCUT2D eigenvalue weighted by Gasteiger charge is -2.44. The quantitative estimate of drug-likeness (QED) is 0.859. The number of urea groups is 1. The first kappa shape index (κ1) is 18.0. The number of ether oxygens (including phenoxy) is 1. The summed E-state index contributed by atoms with van der Waals surface area (Å²) in [6, 6.07) is 3.95. The van der Waals surface area contributed by atoms with Gasteiger partial charge in [-0.15, -0.1) is 0 Å². The molecular formula is C19H29N3O3. The Morgan fingerprint density at radius 3 is 2.84 bits per heavy atom. The van der Waals surface area contributed by atoms with E-state index in [0.717, 1.165) is 42.5 Å². The number of phenols is 1. The van der Waals surface area contributed by atoms with Crippen LogP contribution >= 0.6 is 0 Å². The van der Waals surface area contributed by atoms with Crippen LogP contribution in [0.4, 0.5) is 4.79 Å². The van der Waals surface area contributed by atoms with Crippen molar-refractivity contribution in [3.63, 3.8) is 0 Å². The van der Waals surface area contributed by atoms with Crippen LogP contribution in [0.25, 0.3) is 0 Å². The molecule has 2 amide bonds. The number of fused-ring (bicyclic) bond motifs is 1. The Balaban J connectivity index is 1.92. The Bertz CT molecular complexity index is 647. The van der Waals surface area contributed by atoms with Crippen LogP contribution in [0.15, 0.2) is 12.1 Å². The zero-order valence-electron chi connectivity index (χ0n) is 15.4. The smallest absolute Gasteiger partial charge is 0.319 e. The fourth-order valence-electron chi connectivity index (χ4n) is 4.07. The molecular weight excluding hydrogens is 318 g/mol. The molecule has 1 unspecified atom stereocenters. The summed E-state index contributed by atoms with van der Waals surface area (Å²) in [6.07, 6.45) is 3.26. The molecule has 2 aliphatic rings. The molecule has 0 radical (unpaired) electrons. The van der Waals surface area contributed by atoms with Crippen LogP contribution in [0.2, 0.25) is 0 Å². The van der Waals surface area contributed by atoms with E-state index in [2.05, 4.69) is 0 Å². The van der Waals surface area contributed by atoms with Crippen molar-refractivity contribution in [1.82, 2.24) is 9.80 Å². The van der Waals surface area contributed by atoms with Gasteiger partial charge in [0, 0.05) is 39.2 Å². The number of rotatable bonds is 2. The molecule has 6 nitrogen and oxygen atoms in total. The molecule has 2 aliphatic heterocycles.